The molecule has 0 aliphatic rings. The predicted molar refractivity (Wildman–Crippen MR) is 74.8 cm³/mol. The maximum Gasteiger partial charge on any atom is 0.161 e. The molecule has 2 rings (SSSR count). The molecule has 3 nitrogen and oxygen atoms in total. The minimum absolute atomic E-state index is 0.617. The molecule has 1 unspecified atom stereocenters. The van der Waals surface area contributed by atoms with Gasteiger partial charge in [-0.05, 0) is 30.2 Å². The molecule has 0 heterocycles. The van der Waals surface area contributed by atoms with Crippen LogP contribution in [0.25, 0.3) is 0 Å². The van der Waals surface area contributed by atoms with Gasteiger partial charge in [-0.15, -0.1) is 0 Å². The molecular weight excluding hydrogens is 240 g/mol. The van der Waals surface area contributed by atoms with E-state index >= 15 is 0 Å². The van der Waals surface area contributed by atoms with Crippen LogP contribution in [0, 0.1) is 6.92 Å². The van der Waals surface area contributed by atoms with Gasteiger partial charge in [0.05, 0.1) is 14.2 Å². The molecule has 1 N–H and O–H groups in total. The molecule has 3 heteroatoms. The third kappa shape index (κ3) is 2.88. The molecule has 100 valence electrons. The summed E-state index contributed by atoms with van der Waals surface area (Å²) in [6.07, 6.45) is -0.666. The second-order valence-electron chi connectivity index (χ2n) is 4.43. The largest absolute Gasteiger partial charge is 0.493 e. The maximum atomic E-state index is 10.4. The average Bonchev–Trinajstić information content (AvgIpc) is 2.46. The first kappa shape index (κ1) is 13.4. The van der Waals surface area contributed by atoms with E-state index < -0.39 is 6.10 Å². The topological polar surface area (TPSA) is 38.7 Å². The van der Waals surface area contributed by atoms with Crippen LogP contribution in [0.4, 0.5) is 0 Å². The molecule has 2 aromatic rings. The maximum absolute atomic E-state index is 10.4. The summed E-state index contributed by atoms with van der Waals surface area (Å²) in [5.41, 5.74) is 2.81. The highest BCUT2D eigenvalue weighted by molar-refractivity contribution is 5.45. The SMILES string of the molecule is COc1ccc(C(O)c2ccc(C)cc2)cc1OC. The Morgan fingerprint density at radius 1 is 0.842 bits per heavy atom. The number of rotatable bonds is 4. The number of aryl methyl sites for hydroxylation is 1. The first-order chi connectivity index (χ1) is 9.15. The molecule has 19 heavy (non-hydrogen) atoms. The van der Waals surface area contributed by atoms with Gasteiger partial charge in [-0.3, -0.25) is 0 Å². The average molecular weight is 258 g/mol. The van der Waals surface area contributed by atoms with Crippen LogP contribution in [-0.4, -0.2) is 19.3 Å². The van der Waals surface area contributed by atoms with Crippen molar-refractivity contribution in [2.24, 2.45) is 0 Å². The highest BCUT2D eigenvalue weighted by Crippen LogP contribution is 2.32. The molecule has 0 radical (unpaired) electrons. The van der Waals surface area contributed by atoms with Crippen LogP contribution in [0.15, 0.2) is 42.5 Å². The molecule has 0 saturated carbocycles. The lowest BCUT2D eigenvalue weighted by molar-refractivity contribution is 0.219. The van der Waals surface area contributed by atoms with Gasteiger partial charge in [0.15, 0.2) is 11.5 Å². The number of ether oxygens (including phenoxy) is 2. The number of aliphatic hydroxyl groups excluding tert-OH is 1. The summed E-state index contributed by atoms with van der Waals surface area (Å²) >= 11 is 0. The smallest absolute Gasteiger partial charge is 0.161 e. The van der Waals surface area contributed by atoms with Gasteiger partial charge >= 0.3 is 0 Å². The van der Waals surface area contributed by atoms with E-state index in [1.807, 2.05) is 37.3 Å². The molecule has 0 amide bonds. The minimum atomic E-state index is -0.666. The standard InChI is InChI=1S/C16H18O3/c1-11-4-6-12(7-5-11)16(17)13-8-9-14(18-2)15(10-13)19-3/h4-10,16-17H,1-3H3. The van der Waals surface area contributed by atoms with Gasteiger partial charge in [0.2, 0.25) is 0 Å². The summed E-state index contributed by atoms with van der Waals surface area (Å²) in [6, 6.07) is 13.3. The van der Waals surface area contributed by atoms with Crippen molar-refractivity contribution in [2.45, 2.75) is 13.0 Å². The van der Waals surface area contributed by atoms with Crippen LogP contribution in [0.2, 0.25) is 0 Å². The van der Waals surface area contributed by atoms with Crippen LogP contribution in [-0.2, 0) is 0 Å². The second-order valence-corrected chi connectivity index (χ2v) is 4.43. The summed E-state index contributed by atoms with van der Waals surface area (Å²) in [5, 5.41) is 10.4. The summed E-state index contributed by atoms with van der Waals surface area (Å²) < 4.78 is 10.4. The fourth-order valence-electron chi connectivity index (χ4n) is 1.96. The van der Waals surface area contributed by atoms with Gasteiger partial charge in [0.25, 0.3) is 0 Å². The third-order valence-corrected chi connectivity index (χ3v) is 3.12. The highest BCUT2D eigenvalue weighted by atomic mass is 16.5. The summed E-state index contributed by atoms with van der Waals surface area (Å²) in [5.74, 6) is 1.27. The normalized spacial score (nSPS) is 12.0. The van der Waals surface area contributed by atoms with Crippen molar-refractivity contribution in [3.05, 3.63) is 59.2 Å². The Balaban J connectivity index is 2.33. The molecule has 0 saturated heterocycles. The molecule has 0 spiro atoms. The van der Waals surface area contributed by atoms with Gasteiger partial charge in [0, 0.05) is 0 Å². The van der Waals surface area contributed by atoms with Crippen LogP contribution in [0.1, 0.15) is 22.8 Å². The van der Waals surface area contributed by atoms with Crippen molar-refractivity contribution < 1.29 is 14.6 Å². The summed E-state index contributed by atoms with van der Waals surface area (Å²) in [7, 11) is 3.17. The van der Waals surface area contributed by atoms with Gasteiger partial charge in [-0.1, -0.05) is 35.9 Å². The molecule has 0 bridgehead atoms. The van der Waals surface area contributed by atoms with Crippen molar-refractivity contribution in [3.63, 3.8) is 0 Å². The van der Waals surface area contributed by atoms with Crippen molar-refractivity contribution in [1.82, 2.24) is 0 Å². The zero-order chi connectivity index (χ0) is 13.8. The van der Waals surface area contributed by atoms with Crippen molar-refractivity contribution in [1.29, 1.82) is 0 Å². The minimum Gasteiger partial charge on any atom is -0.493 e. The van der Waals surface area contributed by atoms with Crippen molar-refractivity contribution >= 4 is 0 Å². The zero-order valence-corrected chi connectivity index (χ0v) is 11.4. The molecule has 0 aromatic heterocycles. The van der Waals surface area contributed by atoms with E-state index in [2.05, 4.69) is 0 Å². The number of hydrogen-bond acceptors (Lipinski definition) is 3. The Morgan fingerprint density at radius 3 is 2.00 bits per heavy atom. The van der Waals surface area contributed by atoms with Crippen LogP contribution in [0.5, 0.6) is 11.5 Å². The van der Waals surface area contributed by atoms with E-state index in [-0.39, 0.29) is 0 Å². The van der Waals surface area contributed by atoms with Gasteiger partial charge in [-0.2, -0.15) is 0 Å². The molecule has 0 fully saturated rings. The fraction of sp³-hybridized carbons (Fsp3) is 0.250. The lowest BCUT2D eigenvalue weighted by atomic mass is 10.0. The molecule has 2 aromatic carbocycles. The first-order valence-electron chi connectivity index (χ1n) is 6.12. The number of aliphatic hydroxyl groups is 1. The highest BCUT2D eigenvalue weighted by Gasteiger charge is 2.13. The van der Waals surface area contributed by atoms with Crippen LogP contribution in [0.3, 0.4) is 0 Å². The molecule has 0 aliphatic carbocycles. The van der Waals surface area contributed by atoms with E-state index in [0.29, 0.717) is 11.5 Å². The van der Waals surface area contributed by atoms with E-state index in [4.69, 9.17) is 9.47 Å². The zero-order valence-electron chi connectivity index (χ0n) is 11.4. The van der Waals surface area contributed by atoms with Crippen molar-refractivity contribution in [2.75, 3.05) is 14.2 Å². The Morgan fingerprint density at radius 2 is 1.42 bits per heavy atom. The second kappa shape index (κ2) is 5.76. The summed E-state index contributed by atoms with van der Waals surface area (Å²) in [6.45, 7) is 2.02. The van der Waals surface area contributed by atoms with Crippen LogP contribution >= 0.6 is 0 Å². The van der Waals surface area contributed by atoms with E-state index in [9.17, 15) is 5.11 Å². The number of benzene rings is 2. The monoisotopic (exact) mass is 258 g/mol. The van der Waals surface area contributed by atoms with Gasteiger partial charge < -0.3 is 14.6 Å². The Bertz CT molecular complexity index is 546. The predicted octanol–water partition coefficient (Wildman–Crippen LogP) is 3.09. The van der Waals surface area contributed by atoms with Gasteiger partial charge in [-0.25, -0.2) is 0 Å². The van der Waals surface area contributed by atoms with Gasteiger partial charge in [0.1, 0.15) is 6.10 Å². The molecule has 0 aliphatic heterocycles. The first-order valence-corrected chi connectivity index (χ1v) is 6.12. The number of hydrogen-bond donors (Lipinski definition) is 1. The van der Waals surface area contributed by atoms with Crippen molar-refractivity contribution in [3.8, 4) is 11.5 Å². The van der Waals surface area contributed by atoms with E-state index in [1.54, 1.807) is 26.4 Å². The van der Waals surface area contributed by atoms with E-state index in [0.717, 1.165) is 11.1 Å². The third-order valence-electron chi connectivity index (χ3n) is 3.12. The Hall–Kier alpha value is -2.00. The lowest BCUT2D eigenvalue weighted by Gasteiger charge is -2.14. The number of methoxy groups -OCH3 is 2. The lowest BCUT2D eigenvalue weighted by Crippen LogP contribution is -2.01. The van der Waals surface area contributed by atoms with E-state index in [1.165, 1.54) is 5.56 Å². The Labute approximate surface area is 113 Å². The molecular formula is C16H18O3. The Kier molecular flexibility index (Phi) is 4.07. The summed E-state index contributed by atoms with van der Waals surface area (Å²) in [4.78, 5) is 0. The fourth-order valence-corrected chi connectivity index (χ4v) is 1.96. The quantitative estimate of drug-likeness (QED) is 0.915. The molecule has 1 atom stereocenters. The van der Waals surface area contributed by atoms with Crippen LogP contribution < -0.4 is 9.47 Å².